The number of carboxylic acids is 1. The molecule has 3 N–H and O–H groups in total. The van der Waals surface area contributed by atoms with Crippen LogP contribution in [0.25, 0.3) is 0 Å². The van der Waals surface area contributed by atoms with E-state index in [0.717, 1.165) is 0 Å². The second-order valence-electron chi connectivity index (χ2n) is 2.72. The van der Waals surface area contributed by atoms with Crippen LogP contribution in [0.3, 0.4) is 0 Å². The Labute approximate surface area is 79.0 Å². The lowest BCUT2D eigenvalue weighted by molar-refractivity contribution is -0.138. The fourth-order valence-corrected chi connectivity index (χ4v) is 1.23. The van der Waals surface area contributed by atoms with Crippen molar-refractivity contribution in [1.82, 2.24) is 19.9 Å². The number of hydrogen-bond acceptors (Lipinski definition) is 3. The maximum Gasteiger partial charge on any atom is 0.321 e. The average Bonchev–Trinajstić information content (AvgIpc) is 2.75. The van der Waals surface area contributed by atoms with E-state index in [4.69, 9.17) is 5.11 Å². The normalized spacial score (nSPS) is 10.6. The minimum absolute atomic E-state index is 0.368. The molecule has 72 valence electrons. The maximum atomic E-state index is 11.0. The second kappa shape index (κ2) is 3.33. The molecule has 0 aliphatic heterocycles. The summed E-state index contributed by atoms with van der Waals surface area (Å²) in [6.45, 7) is 0. The van der Waals surface area contributed by atoms with Gasteiger partial charge in [0.15, 0.2) is 5.92 Å². The lowest BCUT2D eigenvalue weighted by Gasteiger charge is -2.05. The van der Waals surface area contributed by atoms with Crippen LogP contribution >= 0.6 is 0 Å². The third-order valence-corrected chi connectivity index (χ3v) is 1.83. The van der Waals surface area contributed by atoms with Crippen LogP contribution < -0.4 is 0 Å². The maximum absolute atomic E-state index is 11.0. The lowest BCUT2D eigenvalue weighted by atomic mass is 10.1. The fraction of sp³-hybridized carbons (Fsp3) is 0.125. The number of H-pyrrole nitrogens is 2. The van der Waals surface area contributed by atoms with E-state index >= 15 is 0 Å². The molecule has 0 unspecified atom stereocenters. The fourth-order valence-electron chi connectivity index (χ4n) is 1.23. The van der Waals surface area contributed by atoms with E-state index in [0.29, 0.717) is 11.6 Å². The smallest absolute Gasteiger partial charge is 0.321 e. The first kappa shape index (κ1) is 8.49. The number of carbonyl (C=O) groups is 1. The van der Waals surface area contributed by atoms with Crippen molar-refractivity contribution in [3.63, 3.8) is 0 Å². The van der Waals surface area contributed by atoms with Crippen LogP contribution in [0.4, 0.5) is 0 Å². The third-order valence-electron chi connectivity index (χ3n) is 1.83. The number of imidazole rings is 2. The number of hydrogen-bond donors (Lipinski definition) is 3. The Kier molecular flexibility index (Phi) is 2.02. The van der Waals surface area contributed by atoms with Gasteiger partial charge >= 0.3 is 5.97 Å². The van der Waals surface area contributed by atoms with Crippen LogP contribution in [0.1, 0.15) is 17.6 Å². The minimum Gasteiger partial charge on any atom is -0.480 e. The monoisotopic (exact) mass is 192 g/mol. The summed E-state index contributed by atoms with van der Waals surface area (Å²) < 4.78 is 0. The third kappa shape index (κ3) is 1.37. The molecular weight excluding hydrogens is 184 g/mol. The van der Waals surface area contributed by atoms with Gasteiger partial charge in [-0.1, -0.05) is 0 Å². The van der Waals surface area contributed by atoms with Crippen LogP contribution in [0.15, 0.2) is 24.8 Å². The van der Waals surface area contributed by atoms with Crippen LogP contribution in [-0.4, -0.2) is 31.0 Å². The Morgan fingerprint density at radius 1 is 1.21 bits per heavy atom. The highest BCUT2D eigenvalue weighted by atomic mass is 16.4. The molecule has 0 atom stereocenters. The minimum atomic E-state index is -0.991. The van der Waals surface area contributed by atoms with E-state index in [1.54, 1.807) is 12.4 Å². The Bertz CT molecular complexity index is 372. The highest BCUT2D eigenvalue weighted by Gasteiger charge is 2.26. The Hall–Kier alpha value is -2.11. The summed E-state index contributed by atoms with van der Waals surface area (Å²) in [4.78, 5) is 24.3. The Balaban J connectivity index is 2.40. The molecule has 2 heterocycles. The topological polar surface area (TPSA) is 94.7 Å². The summed E-state index contributed by atoms with van der Waals surface area (Å²) >= 11 is 0. The molecule has 2 aromatic rings. The van der Waals surface area contributed by atoms with Crippen molar-refractivity contribution in [2.75, 3.05) is 0 Å². The zero-order valence-electron chi connectivity index (χ0n) is 7.14. The van der Waals surface area contributed by atoms with Crippen molar-refractivity contribution in [3.05, 3.63) is 36.4 Å². The molecule has 0 saturated carbocycles. The molecule has 0 amide bonds. The number of aromatic amines is 2. The molecule has 0 fully saturated rings. The van der Waals surface area contributed by atoms with Crippen molar-refractivity contribution in [2.45, 2.75) is 5.92 Å². The highest BCUT2D eigenvalue weighted by Crippen LogP contribution is 2.17. The first-order valence-corrected chi connectivity index (χ1v) is 4.00. The van der Waals surface area contributed by atoms with Crippen molar-refractivity contribution >= 4 is 5.97 Å². The number of nitrogens with one attached hydrogen (secondary N) is 2. The van der Waals surface area contributed by atoms with Gasteiger partial charge in [-0.25, -0.2) is 9.97 Å². The first-order chi connectivity index (χ1) is 6.79. The van der Waals surface area contributed by atoms with E-state index < -0.39 is 11.9 Å². The molecule has 2 rings (SSSR count). The second-order valence-corrected chi connectivity index (χ2v) is 2.72. The number of rotatable bonds is 3. The van der Waals surface area contributed by atoms with Crippen molar-refractivity contribution in [2.24, 2.45) is 0 Å². The molecule has 6 heteroatoms. The molecule has 0 radical (unpaired) electrons. The van der Waals surface area contributed by atoms with Gasteiger partial charge in [0.2, 0.25) is 0 Å². The predicted octanol–water partition coefficient (Wildman–Crippen LogP) is 0.349. The van der Waals surface area contributed by atoms with Gasteiger partial charge in [-0.05, 0) is 0 Å². The van der Waals surface area contributed by atoms with Crippen LogP contribution in [0.2, 0.25) is 0 Å². The van der Waals surface area contributed by atoms with Crippen molar-refractivity contribution in [1.29, 1.82) is 0 Å². The van der Waals surface area contributed by atoms with E-state index in [9.17, 15) is 4.79 Å². The van der Waals surface area contributed by atoms with E-state index in [1.165, 1.54) is 12.4 Å². The lowest BCUT2D eigenvalue weighted by Crippen LogP contribution is -2.16. The summed E-state index contributed by atoms with van der Waals surface area (Å²) in [5.41, 5.74) is 0. The highest BCUT2D eigenvalue weighted by molar-refractivity contribution is 5.77. The van der Waals surface area contributed by atoms with Gasteiger partial charge in [0.05, 0.1) is 0 Å². The number of nitrogens with zero attached hydrogens (tertiary/aromatic N) is 2. The summed E-state index contributed by atoms with van der Waals surface area (Å²) in [6.07, 6.45) is 6.17. The van der Waals surface area contributed by atoms with Crippen LogP contribution in [0.5, 0.6) is 0 Å². The number of aliphatic carboxylic acids is 1. The standard InChI is InChI=1S/C8H8N4O2/c13-8(14)5(6-9-1-2-10-6)7-11-3-4-12-7/h1-5H,(H,9,10)(H,11,12)(H,13,14). The van der Waals surface area contributed by atoms with Gasteiger partial charge in [0, 0.05) is 24.8 Å². The molecule has 0 aliphatic carbocycles. The van der Waals surface area contributed by atoms with Gasteiger partial charge in [0.1, 0.15) is 11.6 Å². The van der Waals surface area contributed by atoms with E-state index in [2.05, 4.69) is 19.9 Å². The van der Waals surface area contributed by atoms with E-state index in [-0.39, 0.29) is 0 Å². The van der Waals surface area contributed by atoms with Gasteiger partial charge in [-0.3, -0.25) is 4.79 Å². The van der Waals surface area contributed by atoms with Gasteiger partial charge in [-0.15, -0.1) is 0 Å². The van der Waals surface area contributed by atoms with Gasteiger partial charge in [0.25, 0.3) is 0 Å². The first-order valence-electron chi connectivity index (χ1n) is 4.00. The molecule has 6 nitrogen and oxygen atoms in total. The summed E-state index contributed by atoms with van der Waals surface area (Å²) in [5.74, 6) is -1.12. The average molecular weight is 192 g/mol. The summed E-state index contributed by atoms with van der Waals surface area (Å²) in [5, 5.41) is 9.00. The zero-order valence-corrected chi connectivity index (χ0v) is 7.14. The molecule has 0 aromatic carbocycles. The van der Waals surface area contributed by atoms with E-state index in [1.807, 2.05) is 0 Å². The zero-order chi connectivity index (χ0) is 9.97. The summed E-state index contributed by atoms with van der Waals surface area (Å²) in [6, 6.07) is 0. The van der Waals surface area contributed by atoms with Crippen molar-refractivity contribution in [3.8, 4) is 0 Å². The molecule has 2 aromatic heterocycles. The largest absolute Gasteiger partial charge is 0.480 e. The SMILES string of the molecule is O=C(O)C(c1ncc[nH]1)c1ncc[nH]1. The van der Waals surface area contributed by atoms with Crippen LogP contribution in [0, 0.1) is 0 Å². The quantitative estimate of drug-likeness (QED) is 0.653. The molecule has 0 saturated heterocycles. The Morgan fingerprint density at radius 3 is 2.00 bits per heavy atom. The molecule has 0 bridgehead atoms. The van der Waals surface area contributed by atoms with Gasteiger partial charge < -0.3 is 15.1 Å². The summed E-state index contributed by atoms with van der Waals surface area (Å²) in [7, 11) is 0. The molecule has 0 aliphatic rings. The van der Waals surface area contributed by atoms with Crippen molar-refractivity contribution < 1.29 is 9.90 Å². The predicted molar refractivity (Wildman–Crippen MR) is 46.7 cm³/mol. The Morgan fingerprint density at radius 2 is 1.71 bits per heavy atom. The number of aromatic nitrogens is 4. The molecule has 14 heavy (non-hydrogen) atoms. The van der Waals surface area contributed by atoms with Gasteiger partial charge in [-0.2, -0.15) is 0 Å². The number of carboxylic acid groups (broad SMARTS) is 1. The molecular formula is C8H8N4O2. The van der Waals surface area contributed by atoms with Crippen LogP contribution in [-0.2, 0) is 4.79 Å². The molecule has 0 spiro atoms.